The number of allylic oxidation sites excluding steroid dienone is 1. The first-order chi connectivity index (χ1) is 7.75. The van der Waals surface area contributed by atoms with E-state index in [9.17, 15) is 4.39 Å². The number of hydrogen-bond donors (Lipinski definition) is 1. The largest absolute Gasteiger partial charge is 0.324 e. The molecule has 1 aromatic carbocycles. The van der Waals surface area contributed by atoms with Crippen LogP contribution in [0.4, 0.5) is 4.39 Å². The molecule has 0 fully saturated rings. The van der Waals surface area contributed by atoms with Gasteiger partial charge in [-0.1, -0.05) is 23.8 Å². The van der Waals surface area contributed by atoms with Crippen LogP contribution in [-0.4, -0.2) is 6.04 Å². The molecular formula is C14H18FN. The van der Waals surface area contributed by atoms with Gasteiger partial charge in [-0.3, -0.25) is 0 Å². The second kappa shape index (κ2) is 5.26. The van der Waals surface area contributed by atoms with Gasteiger partial charge in [0.2, 0.25) is 0 Å². The minimum absolute atomic E-state index is 0.0575. The highest BCUT2D eigenvalue weighted by Crippen LogP contribution is 2.21. The monoisotopic (exact) mass is 219 g/mol. The molecule has 0 spiro atoms. The molecule has 0 saturated heterocycles. The molecule has 16 heavy (non-hydrogen) atoms. The molecule has 0 amide bonds. The van der Waals surface area contributed by atoms with E-state index in [1.165, 1.54) is 24.5 Å². The van der Waals surface area contributed by atoms with Crippen molar-refractivity contribution >= 4 is 0 Å². The van der Waals surface area contributed by atoms with E-state index in [1.807, 2.05) is 6.07 Å². The van der Waals surface area contributed by atoms with Gasteiger partial charge in [0.1, 0.15) is 5.82 Å². The van der Waals surface area contributed by atoms with E-state index in [0.29, 0.717) is 0 Å². The topological polar surface area (TPSA) is 26.0 Å². The van der Waals surface area contributed by atoms with Gasteiger partial charge in [0.15, 0.2) is 0 Å². The summed E-state index contributed by atoms with van der Waals surface area (Å²) < 4.78 is 13.0. The zero-order valence-corrected chi connectivity index (χ0v) is 9.45. The Morgan fingerprint density at radius 3 is 2.88 bits per heavy atom. The van der Waals surface area contributed by atoms with Crippen molar-refractivity contribution in [1.29, 1.82) is 0 Å². The predicted octanol–water partition coefficient (Wildman–Crippen LogP) is 3.20. The zero-order valence-electron chi connectivity index (χ0n) is 9.45. The standard InChI is InChI=1S/C14H18FN/c15-13-8-4-5-11(9-13)10-14(16)12-6-2-1-3-7-12/h4-6,8-9,14H,1-3,7,10,16H2. The number of hydrogen-bond acceptors (Lipinski definition) is 1. The van der Waals surface area contributed by atoms with Crippen molar-refractivity contribution in [2.24, 2.45) is 5.73 Å². The highest BCUT2D eigenvalue weighted by molar-refractivity contribution is 5.22. The second-order valence-corrected chi connectivity index (χ2v) is 4.47. The van der Waals surface area contributed by atoms with Gasteiger partial charge in [-0.05, 0) is 49.8 Å². The fourth-order valence-electron chi connectivity index (χ4n) is 2.25. The van der Waals surface area contributed by atoms with Crippen molar-refractivity contribution in [1.82, 2.24) is 0 Å². The molecule has 1 aliphatic carbocycles. The van der Waals surface area contributed by atoms with Crippen LogP contribution in [0.5, 0.6) is 0 Å². The molecule has 0 aliphatic heterocycles. The minimum Gasteiger partial charge on any atom is -0.324 e. The Morgan fingerprint density at radius 2 is 2.19 bits per heavy atom. The molecule has 2 N–H and O–H groups in total. The maximum Gasteiger partial charge on any atom is 0.123 e. The molecule has 0 heterocycles. The van der Waals surface area contributed by atoms with E-state index in [4.69, 9.17) is 5.73 Å². The molecule has 1 aliphatic rings. The summed E-state index contributed by atoms with van der Waals surface area (Å²) in [7, 11) is 0. The third kappa shape index (κ3) is 2.92. The Balaban J connectivity index is 2.01. The van der Waals surface area contributed by atoms with Gasteiger partial charge in [-0.2, -0.15) is 0 Å². The van der Waals surface area contributed by atoms with Crippen LogP contribution in [0.3, 0.4) is 0 Å². The van der Waals surface area contributed by atoms with Gasteiger partial charge in [-0.25, -0.2) is 4.39 Å². The van der Waals surface area contributed by atoms with E-state index in [2.05, 4.69) is 6.08 Å². The Labute approximate surface area is 96.2 Å². The van der Waals surface area contributed by atoms with Crippen LogP contribution < -0.4 is 5.73 Å². The highest BCUT2D eigenvalue weighted by Gasteiger charge is 2.12. The molecule has 0 bridgehead atoms. The summed E-state index contributed by atoms with van der Waals surface area (Å²) in [6, 6.07) is 6.78. The molecular weight excluding hydrogens is 201 g/mol. The van der Waals surface area contributed by atoms with Crippen LogP contribution in [0.1, 0.15) is 31.2 Å². The maximum atomic E-state index is 13.0. The van der Waals surface area contributed by atoms with Crippen molar-refractivity contribution in [3.63, 3.8) is 0 Å². The summed E-state index contributed by atoms with van der Waals surface area (Å²) in [5.74, 6) is -0.178. The molecule has 1 aromatic rings. The van der Waals surface area contributed by atoms with Gasteiger partial charge in [0, 0.05) is 6.04 Å². The van der Waals surface area contributed by atoms with Crippen molar-refractivity contribution in [3.8, 4) is 0 Å². The number of rotatable bonds is 3. The highest BCUT2D eigenvalue weighted by atomic mass is 19.1. The molecule has 0 aromatic heterocycles. The average Bonchev–Trinajstić information content (AvgIpc) is 2.30. The summed E-state index contributed by atoms with van der Waals surface area (Å²) in [5.41, 5.74) is 8.47. The Bertz CT molecular complexity index is 384. The van der Waals surface area contributed by atoms with Crippen LogP contribution in [-0.2, 0) is 6.42 Å². The molecule has 2 heteroatoms. The normalized spacial score (nSPS) is 18.0. The molecule has 1 unspecified atom stereocenters. The van der Waals surface area contributed by atoms with Gasteiger partial charge < -0.3 is 5.73 Å². The molecule has 2 rings (SSSR count). The van der Waals surface area contributed by atoms with Crippen LogP contribution in [0.25, 0.3) is 0 Å². The second-order valence-electron chi connectivity index (χ2n) is 4.47. The fourth-order valence-corrected chi connectivity index (χ4v) is 2.25. The van der Waals surface area contributed by atoms with Crippen molar-refractivity contribution in [2.45, 2.75) is 38.1 Å². The quantitative estimate of drug-likeness (QED) is 0.776. The SMILES string of the molecule is NC(Cc1cccc(F)c1)C1=CCCCC1. The summed E-state index contributed by atoms with van der Waals surface area (Å²) in [4.78, 5) is 0. The van der Waals surface area contributed by atoms with Gasteiger partial charge in [0.05, 0.1) is 0 Å². The van der Waals surface area contributed by atoms with E-state index in [1.54, 1.807) is 12.1 Å². The third-order valence-electron chi connectivity index (χ3n) is 3.15. The molecule has 0 radical (unpaired) electrons. The Morgan fingerprint density at radius 1 is 1.31 bits per heavy atom. The fraction of sp³-hybridized carbons (Fsp3) is 0.429. The lowest BCUT2D eigenvalue weighted by Gasteiger charge is -2.19. The van der Waals surface area contributed by atoms with E-state index < -0.39 is 0 Å². The van der Waals surface area contributed by atoms with Crippen molar-refractivity contribution in [3.05, 3.63) is 47.3 Å². The van der Waals surface area contributed by atoms with Crippen molar-refractivity contribution in [2.75, 3.05) is 0 Å². The Hall–Kier alpha value is -1.15. The summed E-state index contributed by atoms with van der Waals surface area (Å²) in [5, 5.41) is 0. The summed E-state index contributed by atoms with van der Waals surface area (Å²) in [6.07, 6.45) is 7.76. The van der Waals surface area contributed by atoms with Crippen LogP contribution in [0.2, 0.25) is 0 Å². The lowest BCUT2D eigenvalue weighted by molar-refractivity contribution is 0.614. The van der Waals surface area contributed by atoms with Crippen molar-refractivity contribution < 1.29 is 4.39 Å². The van der Waals surface area contributed by atoms with E-state index in [0.717, 1.165) is 24.8 Å². The first kappa shape index (κ1) is 11.3. The lowest BCUT2D eigenvalue weighted by Crippen LogP contribution is -2.26. The maximum absolute atomic E-state index is 13.0. The van der Waals surface area contributed by atoms with Crippen LogP contribution in [0, 0.1) is 5.82 Å². The van der Waals surface area contributed by atoms with E-state index >= 15 is 0 Å². The first-order valence-electron chi connectivity index (χ1n) is 5.94. The van der Waals surface area contributed by atoms with E-state index in [-0.39, 0.29) is 11.9 Å². The molecule has 0 saturated carbocycles. The summed E-state index contributed by atoms with van der Waals surface area (Å²) >= 11 is 0. The van der Waals surface area contributed by atoms with Crippen LogP contribution >= 0.6 is 0 Å². The average molecular weight is 219 g/mol. The zero-order chi connectivity index (χ0) is 11.4. The number of halogens is 1. The smallest absolute Gasteiger partial charge is 0.123 e. The predicted molar refractivity (Wildman–Crippen MR) is 64.6 cm³/mol. The minimum atomic E-state index is -0.178. The van der Waals surface area contributed by atoms with Gasteiger partial charge in [-0.15, -0.1) is 0 Å². The number of benzene rings is 1. The molecule has 86 valence electrons. The van der Waals surface area contributed by atoms with Gasteiger partial charge in [0.25, 0.3) is 0 Å². The lowest BCUT2D eigenvalue weighted by atomic mass is 9.91. The van der Waals surface area contributed by atoms with Crippen LogP contribution in [0.15, 0.2) is 35.9 Å². The molecule has 1 nitrogen and oxygen atoms in total. The third-order valence-corrected chi connectivity index (χ3v) is 3.15. The number of nitrogens with two attached hydrogens (primary N) is 1. The van der Waals surface area contributed by atoms with Gasteiger partial charge >= 0.3 is 0 Å². The summed E-state index contributed by atoms with van der Waals surface area (Å²) in [6.45, 7) is 0. The Kier molecular flexibility index (Phi) is 3.73. The first-order valence-corrected chi connectivity index (χ1v) is 5.94. The molecule has 1 atom stereocenters.